The van der Waals surface area contributed by atoms with Crippen LogP contribution in [0.3, 0.4) is 0 Å². The van der Waals surface area contributed by atoms with E-state index in [0.29, 0.717) is 25.1 Å². The van der Waals surface area contributed by atoms with Crippen molar-refractivity contribution < 1.29 is 19.1 Å². The summed E-state index contributed by atoms with van der Waals surface area (Å²) in [6, 6.07) is 16.0. The lowest BCUT2D eigenvalue weighted by molar-refractivity contribution is -0.147. The Morgan fingerprint density at radius 3 is 2.71 bits per heavy atom. The zero-order chi connectivity index (χ0) is 22.2. The zero-order valence-electron chi connectivity index (χ0n) is 17.3. The minimum atomic E-state index is -0.830. The van der Waals surface area contributed by atoms with E-state index in [1.807, 2.05) is 43.3 Å². The average Bonchev–Trinajstić information content (AvgIpc) is 2.76. The van der Waals surface area contributed by atoms with Crippen molar-refractivity contribution in [2.75, 3.05) is 19.7 Å². The highest BCUT2D eigenvalue weighted by Crippen LogP contribution is 2.12. The summed E-state index contributed by atoms with van der Waals surface area (Å²) < 4.78 is 5.31. The number of hydrogen-bond donors (Lipinski definition) is 2. The van der Waals surface area contributed by atoms with Gasteiger partial charge in [0.15, 0.2) is 5.11 Å². The van der Waals surface area contributed by atoms with Crippen LogP contribution in [0.25, 0.3) is 0 Å². The van der Waals surface area contributed by atoms with Gasteiger partial charge in [-0.05, 0) is 36.8 Å². The highest BCUT2D eigenvalue weighted by Gasteiger charge is 2.34. The number of rotatable bonds is 6. The van der Waals surface area contributed by atoms with Gasteiger partial charge in [-0.2, -0.15) is 0 Å². The number of ether oxygens (including phenoxy) is 1. The van der Waals surface area contributed by atoms with Crippen molar-refractivity contribution in [3.63, 3.8) is 0 Å². The molecule has 1 heterocycles. The number of nitrogens with one attached hydrogen (secondary N) is 2. The molecule has 1 fully saturated rings. The number of amides is 2. The molecule has 1 atom stereocenters. The van der Waals surface area contributed by atoms with Crippen molar-refractivity contribution in [3.05, 3.63) is 71.3 Å². The summed E-state index contributed by atoms with van der Waals surface area (Å²) >= 11 is 5.38. The van der Waals surface area contributed by atoms with E-state index in [-0.39, 0.29) is 30.0 Å². The van der Waals surface area contributed by atoms with Gasteiger partial charge in [-0.1, -0.05) is 48.0 Å². The fourth-order valence-corrected chi connectivity index (χ4v) is 3.64. The largest absolute Gasteiger partial charge is 0.465 e. The second kappa shape index (κ2) is 10.7. The van der Waals surface area contributed by atoms with Crippen LogP contribution in [-0.2, 0) is 20.7 Å². The van der Waals surface area contributed by atoms with Crippen molar-refractivity contribution >= 4 is 35.1 Å². The Kier molecular flexibility index (Phi) is 7.72. The first-order chi connectivity index (χ1) is 14.9. The first-order valence-electron chi connectivity index (χ1n) is 10.1. The second-order valence-electron chi connectivity index (χ2n) is 7.29. The van der Waals surface area contributed by atoms with Crippen LogP contribution in [0.1, 0.15) is 27.9 Å². The van der Waals surface area contributed by atoms with Crippen LogP contribution in [0.15, 0.2) is 54.6 Å². The van der Waals surface area contributed by atoms with Crippen molar-refractivity contribution in [2.24, 2.45) is 0 Å². The standard InChI is InChI=1S/C23H25N3O4S/c1-16-6-5-9-18(14-16)21(28)25-23(31)26-12-11-24-22(29)19(26)15-20(27)30-13-10-17-7-3-2-4-8-17/h2-9,14,19H,10-13,15H2,1H3,(H,24,29)(H,25,28,31). The topological polar surface area (TPSA) is 87.7 Å². The SMILES string of the molecule is Cc1cccc(C(=O)NC(=S)N2CCNC(=O)C2CC(=O)OCCc2ccccc2)c1. The van der Waals surface area contributed by atoms with E-state index in [1.54, 1.807) is 23.1 Å². The van der Waals surface area contributed by atoms with Crippen LogP contribution in [0.5, 0.6) is 0 Å². The van der Waals surface area contributed by atoms with Gasteiger partial charge in [0.05, 0.1) is 13.0 Å². The molecule has 0 aliphatic carbocycles. The summed E-state index contributed by atoms with van der Waals surface area (Å²) in [5.41, 5.74) is 2.49. The number of aryl methyl sites for hydroxylation is 1. The minimum absolute atomic E-state index is 0.114. The van der Waals surface area contributed by atoms with Gasteiger partial charge in [-0.15, -0.1) is 0 Å². The van der Waals surface area contributed by atoms with Crippen LogP contribution >= 0.6 is 12.2 Å². The highest BCUT2D eigenvalue weighted by atomic mass is 32.1. The number of nitrogens with zero attached hydrogens (tertiary/aromatic N) is 1. The van der Waals surface area contributed by atoms with Crippen molar-refractivity contribution in [2.45, 2.75) is 25.8 Å². The van der Waals surface area contributed by atoms with E-state index in [2.05, 4.69) is 10.6 Å². The number of benzene rings is 2. The molecular weight excluding hydrogens is 414 g/mol. The van der Waals surface area contributed by atoms with E-state index in [4.69, 9.17) is 17.0 Å². The van der Waals surface area contributed by atoms with Gasteiger partial charge in [-0.25, -0.2) is 0 Å². The molecule has 1 aliphatic rings. The normalized spacial score (nSPS) is 15.7. The number of esters is 1. The molecule has 1 aliphatic heterocycles. The molecule has 0 spiro atoms. The number of carbonyl (C=O) groups is 3. The van der Waals surface area contributed by atoms with Crippen molar-refractivity contribution in [3.8, 4) is 0 Å². The van der Waals surface area contributed by atoms with Crippen LogP contribution in [0.2, 0.25) is 0 Å². The summed E-state index contributed by atoms with van der Waals surface area (Å²) in [6.45, 7) is 2.88. The molecule has 0 saturated carbocycles. The fraction of sp³-hybridized carbons (Fsp3) is 0.304. The smallest absolute Gasteiger partial charge is 0.308 e. The zero-order valence-corrected chi connectivity index (χ0v) is 18.1. The number of thiocarbonyl (C=S) groups is 1. The average molecular weight is 440 g/mol. The van der Waals surface area contributed by atoms with Crippen molar-refractivity contribution in [1.29, 1.82) is 0 Å². The quantitative estimate of drug-likeness (QED) is 0.529. The van der Waals surface area contributed by atoms with Gasteiger partial charge >= 0.3 is 5.97 Å². The molecular formula is C23H25N3O4S. The molecule has 8 heteroatoms. The lowest BCUT2D eigenvalue weighted by Crippen LogP contribution is -2.60. The molecule has 0 bridgehead atoms. The lowest BCUT2D eigenvalue weighted by atomic mass is 10.1. The minimum Gasteiger partial charge on any atom is -0.465 e. The van der Waals surface area contributed by atoms with E-state index in [1.165, 1.54) is 0 Å². The van der Waals surface area contributed by atoms with Gasteiger partial charge < -0.3 is 15.0 Å². The molecule has 2 amide bonds. The number of hydrogen-bond acceptors (Lipinski definition) is 5. The molecule has 2 aromatic carbocycles. The highest BCUT2D eigenvalue weighted by molar-refractivity contribution is 7.80. The third-order valence-corrected chi connectivity index (χ3v) is 5.29. The van der Waals surface area contributed by atoms with Gasteiger partial charge in [0.2, 0.25) is 5.91 Å². The molecule has 31 heavy (non-hydrogen) atoms. The van der Waals surface area contributed by atoms with Crippen molar-refractivity contribution in [1.82, 2.24) is 15.5 Å². The first kappa shape index (κ1) is 22.4. The lowest BCUT2D eigenvalue weighted by Gasteiger charge is -2.36. The Hall–Kier alpha value is -3.26. The van der Waals surface area contributed by atoms with E-state index < -0.39 is 12.0 Å². The summed E-state index contributed by atoms with van der Waals surface area (Å²) in [5.74, 6) is -1.17. The summed E-state index contributed by atoms with van der Waals surface area (Å²) in [6.07, 6.45) is 0.444. The first-order valence-corrected chi connectivity index (χ1v) is 10.5. The number of piperazine rings is 1. The maximum absolute atomic E-state index is 12.5. The Balaban J connectivity index is 1.57. The summed E-state index contributed by atoms with van der Waals surface area (Å²) in [5, 5.41) is 5.52. The summed E-state index contributed by atoms with van der Waals surface area (Å²) in [4.78, 5) is 38.8. The Labute approximate surface area is 186 Å². The Morgan fingerprint density at radius 1 is 1.19 bits per heavy atom. The second-order valence-corrected chi connectivity index (χ2v) is 7.68. The third-order valence-electron chi connectivity index (χ3n) is 4.95. The predicted molar refractivity (Wildman–Crippen MR) is 120 cm³/mol. The van der Waals surface area contributed by atoms with Gasteiger partial charge in [0.1, 0.15) is 6.04 Å². The predicted octanol–water partition coefficient (Wildman–Crippen LogP) is 1.99. The Morgan fingerprint density at radius 2 is 1.97 bits per heavy atom. The third kappa shape index (κ3) is 6.36. The molecule has 1 unspecified atom stereocenters. The van der Waals surface area contributed by atoms with Crippen LogP contribution < -0.4 is 10.6 Å². The van der Waals surface area contributed by atoms with Crippen LogP contribution in [0.4, 0.5) is 0 Å². The van der Waals surface area contributed by atoms with Gasteiger partial charge in [0.25, 0.3) is 5.91 Å². The molecule has 3 rings (SSSR count). The molecule has 2 aromatic rings. The van der Waals surface area contributed by atoms with E-state index in [0.717, 1.165) is 11.1 Å². The van der Waals surface area contributed by atoms with E-state index in [9.17, 15) is 14.4 Å². The van der Waals surface area contributed by atoms with Gasteiger partial charge in [-0.3, -0.25) is 19.7 Å². The monoisotopic (exact) mass is 439 g/mol. The molecule has 7 nitrogen and oxygen atoms in total. The molecule has 2 N–H and O–H groups in total. The maximum Gasteiger partial charge on any atom is 0.308 e. The van der Waals surface area contributed by atoms with Crippen LogP contribution in [-0.4, -0.2) is 53.5 Å². The maximum atomic E-state index is 12.5. The number of carbonyl (C=O) groups excluding carboxylic acids is 3. The van der Waals surface area contributed by atoms with Gasteiger partial charge in [0, 0.05) is 25.1 Å². The summed E-state index contributed by atoms with van der Waals surface area (Å²) in [7, 11) is 0. The molecule has 162 valence electrons. The Bertz CT molecular complexity index is 964. The fourth-order valence-electron chi connectivity index (χ4n) is 3.33. The molecule has 0 radical (unpaired) electrons. The van der Waals surface area contributed by atoms with E-state index >= 15 is 0 Å². The molecule has 1 saturated heterocycles. The molecule has 0 aromatic heterocycles. The van der Waals surface area contributed by atoms with Crippen LogP contribution in [0, 0.1) is 6.92 Å².